The number of terminal acetylenes is 1. The summed E-state index contributed by atoms with van der Waals surface area (Å²) < 4.78 is 7.33. The maximum absolute atomic E-state index is 12.1. The number of nitrogens with one attached hydrogen (secondary N) is 1. The van der Waals surface area contributed by atoms with Gasteiger partial charge in [-0.3, -0.25) is 4.79 Å². The van der Waals surface area contributed by atoms with Crippen molar-refractivity contribution in [2.75, 3.05) is 11.9 Å². The van der Waals surface area contributed by atoms with E-state index in [-0.39, 0.29) is 24.5 Å². The van der Waals surface area contributed by atoms with Gasteiger partial charge in [0.15, 0.2) is 0 Å². The van der Waals surface area contributed by atoms with Crippen molar-refractivity contribution in [2.45, 2.75) is 32.2 Å². The molecule has 2 aromatic rings. The molecule has 1 amide bonds. The Morgan fingerprint density at radius 3 is 3.09 bits per heavy atom. The Kier molecular flexibility index (Phi) is 4.07. The lowest BCUT2D eigenvalue weighted by atomic mass is 9.87. The highest BCUT2D eigenvalue weighted by molar-refractivity contribution is 5.94. The predicted octanol–water partition coefficient (Wildman–Crippen LogP) is 2.95. The number of benzene rings is 1. The van der Waals surface area contributed by atoms with Crippen LogP contribution in [0.25, 0.3) is 0 Å². The molecule has 118 valence electrons. The molecule has 0 bridgehead atoms. The Bertz CT molecular complexity index is 771. The summed E-state index contributed by atoms with van der Waals surface area (Å²) in [4.78, 5) is 12.1. The Morgan fingerprint density at radius 2 is 2.35 bits per heavy atom. The number of nitrogens with zero attached hydrogens (tertiary/aromatic N) is 2. The van der Waals surface area contributed by atoms with E-state index in [0.717, 1.165) is 16.9 Å². The summed E-state index contributed by atoms with van der Waals surface area (Å²) in [6.07, 6.45) is 7.47. The smallest absolute Gasteiger partial charge is 0.226 e. The molecule has 5 nitrogen and oxygen atoms in total. The molecule has 5 heteroatoms. The molecule has 2 heterocycles. The minimum atomic E-state index is -0.0272. The number of fused-ring (bicyclic) bond motifs is 1. The Hall–Kier alpha value is -2.74. The first-order chi connectivity index (χ1) is 11.1. The van der Waals surface area contributed by atoms with Gasteiger partial charge in [-0.15, -0.1) is 6.42 Å². The first kappa shape index (κ1) is 15.2. The van der Waals surface area contributed by atoms with Gasteiger partial charge in [-0.2, -0.15) is 5.10 Å². The van der Waals surface area contributed by atoms with E-state index in [1.807, 2.05) is 49.0 Å². The van der Waals surface area contributed by atoms with Gasteiger partial charge in [0.2, 0.25) is 5.91 Å². The van der Waals surface area contributed by atoms with Crippen molar-refractivity contribution in [1.29, 1.82) is 0 Å². The number of amides is 1. The van der Waals surface area contributed by atoms with Gasteiger partial charge in [0, 0.05) is 23.9 Å². The van der Waals surface area contributed by atoms with Crippen molar-refractivity contribution >= 4 is 11.7 Å². The lowest BCUT2D eigenvalue weighted by molar-refractivity contribution is -0.116. The fourth-order valence-corrected chi connectivity index (χ4v) is 2.87. The number of carbonyl (C=O) groups excluding carboxylic acids is 1. The van der Waals surface area contributed by atoms with Crippen molar-refractivity contribution in [3.63, 3.8) is 0 Å². The first-order valence-electron chi connectivity index (χ1n) is 7.63. The third kappa shape index (κ3) is 2.93. The van der Waals surface area contributed by atoms with Crippen LogP contribution in [0.4, 0.5) is 5.82 Å². The van der Waals surface area contributed by atoms with Crippen LogP contribution in [0, 0.1) is 12.3 Å². The van der Waals surface area contributed by atoms with Gasteiger partial charge in [0.25, 0.3) is 0 Å². The van der Waals surface area contributed by atoms with E-state index in [9.17, 15) is 4.79 Å². The second kappa shape index (κ2) is 6.17. The van der Waals surface area contributed by atoms with Crippen molar-refractivity contribution in [1.82, 2.24) is 9.78 Å². The maximum Gasteiger partial charge on any atom is 0.226 e. The van der Waals surface area contributed by atoms with Crippen molar-refractivity contribution < 1.29 is 9.53 Å². The second-order valence-electron chi connectivity index (χ2n) is 5.86. The quantitative estimate of drug-likeness (QED) is 0.883. The molecule has 1 N–H and O–H groups in total. The summed E-state index contributed by atoms with van der Waals surface area (Å²) in [6, 6.07) is 7.91. The van der Waals surface area contributed by atoms with Gasteiger partial charge in [-0.25, -0.2) is 4.68 Å². The van der Waals surface area contributed by atoms with Crippen LogP contribution in [0.2, 0.25) is 0 Å². The number of hydrogen-bond acceptors (Lipinski definition) is 3. The fraction of sp³-hybridized carbons (Fsp3) is 0.333. The molecule has 0 radical (unpaired) electrons. The Morgan fingerprint density at radius 1 is 1.52 bits per heavy atom. The molecule has 0 aliphatic carbocycles. The van der Waals surface area contributed by atoms with Crippen molar-refractivity contribution in [3.05, 3.63) is 41.6 Å². The molecule has 0 fully saturated rings. The number of rotatable bonds is 4. The molecule has 1 aliphatic heterocycles. The molecule has 0 saturated heterocycles. The normalized spacial score (nSPS) is 16.6. The van der Waals surface area contributed by atoms with E-state index in [0.29, 0.717) is 12.2 Å². The van der Waals surface area contributed by atoms with Crippen LogP contribution < -0.4 is 10.1 Å². The first-order valence-corrected chi connectivity index (χ1v) is 7.63. The van der Waals surface area contributed by atoms with Crippen LogP contribution in [0.3, 0.4) is 0 Å². The van der Waals surface area contributed by atoms with Gasteiger partial charge >= 0.3 is 0 Å². The van der Waals surface area contributed by atoms with E-state index < -0.39 is 0 Å². The minimum Gasteiger partial charge on any atom is -0.481 e. The number of aromatic nitrogens is 2. The molecule has 1 aromatic heterocycles. The van der Waals surface area contributed by atoms with Crippen LogP contribution in [0.5, 0.6) is 5.75 Å². The van der Waals surface area contributed by atoms with Gasteiger partial charge in [0.1, 0.15) is 18.2 Å². The van der Waals surface area contributed by atoms with Gasteiger partial charge in [-0.1, -0.05) is 18.1 Å². The molecule has 0 spiro atoms. The summed E-state index contributed by atoms with van der Waals surface area (Å²) in [5.74, 6) is 3.93. The van der Waals surface area contributed by atoms with Crippen LogP contribution in [-0.2, 0) is 4.79 Å². The van der Waals surface area contributed by atoms with Gasteiger partial charge < -0.3 is 10.1 Å². The average Bonchev–Trinajstić information content (AvgIpc) is 2.96. The zero-order valence-corrected chi connectivity index (χ0v) is 13.2. The van der Waals surface area contributed by atoms with Crippen molar-refractivity contribution in [3.8, 4) is 18.1 Å². The van der Waals surface area contributed by atoms with E-state index >= 15 is 0 Å². The van der Waals surface area contributed by atoms with Crippen molar-refractivity contribution in [2.24, 2.45) is 0 Å². The van der Waals surface area contributed by atoms with E-state index in [1.54, 1.807) is 0 Å². The summed E-state index contributed by atoms with van der Waals surface area (Å²) >= 11 is 0. The summed E-state index contributed by atoms with van der Waals surface area (Å²) in [5.41, 5.74) is 2.06. The third-order valence-electron chi connectivity index (χ3n) is 3.92. The zero-order chi connectivity index (χ0) is 16.4. The monoisotopic (exact) mass is 309 g/mol. The molecule has 23 heavy (non-hydrogen) atoms. The lowest BCUT2D eigenvalue weighted by Crippen LogP contribution is -2.25. The number of ether oxygens (including phenoxy) is 1. The fourth-order valence-electron chi connectivity index (χ4n) is 2.87. The van der Waals surface area contributed by atoms with Crippen LogP contribution in [0.1, 0.15) is 43.4 Å². The third-order valence-corrected chi connectivity index (χ3v) is 3.92. The number of hydrogen-bond donors (Lipinski definition) is 1. The van der Waals surface area contributed by atoms with Gasteiger partial charge in [-0.05, 0) is 31.5 Å². The standard InChI is InChI=1S/C18H19N3O2/c1-4-8-23-14-7-5-6-13(9-14)15-10-17(22)20-18-16(15)11-19-21(18)12(2)3/h1,5-7,9,11-12,15H,8,10H2,2-3H3,(H,20,22)/t15-/m0/s1. The van der Waals surface area contributed by atoms with Crippen LogP contribution >= 0.6 is 0 Å². The zero-order valence-electron chi connectivity index (χ0n) is 13.2. The average molecular weight is 309 g/mol. The molecular formula is C18H19N3O2. The highest BCUT2D eigenvalue weighted by Crippen LogP contribution is 2.38. The van der Waals surface area contributed by atoms with Crippen LogP contribution in [-0.4, -0.2) is 22.3 Å². The Labute approximate surface area is 135 Å². The molecule has 0 saturated carbocycles. The maximum atomic E-state index is 12.1. The molecule has 3 rings (SSSR count). The largest absolute Gasteiger partial charge is 0.481 e. The molecular weight excluding hydrogens is 290 g/mol. The number of anilines is 1. The molecule has 1 atom stereocenters. The number of carbonyl (C=O) groups is 1. The summed E-state index contributed by atoms with van der Waals surface area (Å²) in [6.45, 7) is 4.31. The SMILES string of the molecule is C#CCOc1cccc([C@@H]2CC(=O)Nc3c2cnn3C(C)C)c1. The highest BCUT2D eigenvalue weighted by Gasteiger charge is 2.30. The van der Waals surface area contributed by atoms with E-state index in [1.165, 1.54) is 0 Å². The molecule has 1 aromatic carbocycles. The second-order valence-corrected chi connectivity index (χ2v) is 5.86. The molecule has 0 unspecified atom stereocenters. The summed E-state index contributed by atoms with van der Waals surface area (Å²) in [7, 11) is 0. The Balaban J connectivity index is 1.98. The summed E-state index contributed by atoms with van der Waals surface area (Å²) in [5, 5.41) is 7.37. The topological polar surface area (TPSA) is 56.1 Å². The molecule has 1 aliphatic rings. The van der Waals surface area contributed by atoms with Gasteiger partial charge in [0.05, 0.1) is 6.20 Å². The highest BCUT2D eigenvalue weighted by atomic mass is 16.5. The minimum absolute atomic E-state index is 0.000142. The van der Waals surface area contributed by atoms with Crippen LogP contribution in [0.15, 0.2) is 30.5 Å². The van der Waals surface area contributed by atoms with E-state index in [2.05, 4.69) is 16.3 Å². The van der Waals surface area contributed by atoms with E-state index in [4.69, 9.17) is 11.2 Å². The predicted molar refractivity (Wildman–Crippen MR) is 88.5 cm³/mol. The lowest BCUT2D eigenvalue weighted by Gasteiger charge is -2.24.